The Morgan fingerprint density at radius 1 is 1.17 bits per heavy atom. The van der Waals surface area contributed by atoms with E-state index in [2.05, 4.69) is 15.1 Å². The molecule has 0 radical (unpaired) electrons. The summed E-state index contributed by atoms with van der Waals surface area (Å²) in [5.74, 6) is 0.391. The second-order valence-electron chi connectivity index (χ2n) is 9.24. The largest absolute Gasteiger partial charge is 0.328 e. The SMILES string of the molecule is [C-]#[N+]CCN(C(=O)c1ccc(Nc2ncc3c(n2)-c2ccccc2N(C)C(=O)C3)cc1)C1CCCC1. The van der Waals surface area contributed by atoms with E-state index in [0.29, 0.717) is 24.6 Å². The number of amides is 2. The molecule has 2 heterocycles. The molecule has 8 heteroatoms. The van der Waals surface area contributed by atoms with Crippen LogP contribution in [0.25, 0.3) is 16.1 Å². The zero-order chi connectivity index (χ0) is 25.1. The smallest absolute Gasteiger partial charge is 0.254 e. The number of nitrogens with one attached hydrogen (secondary N) is 1. The number of hydrogen-bond acceptors (Lipinski definition) is 5. The van der Waals surface area contributed by atoms with Crippen LogP contribution in [0.3, 0.4) is 0 Å². The summed E-state index contributed by atoms with van der Waals surface area (Å²) in [6.45, 7) is 7.91. The van der Waals surface area contributed by atoms with Crippen molar-refractivity contribution < 1.29 is 9.59 Å². The van der Waals surface area contributed by atoms with Crippen LogP contribution >= 0.6 is 0 Å². The van der Waals surface area contributed by atoms with Crippen molar-refractivity contribution in [2.24, 2.45) is 0 Å². The lowest BCUT2D eigenvalue weighted by Gasteiger charge is -2.27. The zero-order valence-electron chi connectivity index (χ0n) is 20.3. The first-order valence-electron chi connectivity index (χ1n) is 12.3. The lowest BCUT2D eigenvalue weighted by Crippen LogP contribution is -2.40. The van der Waals surface area contributed by atoms with Crippen LogP contribution in [0.5, 0.6) is 0 Å². The molecule has 1 aromatic heterocycles. The Labute approximate surface area is 210 Å². The molecule has 1 fully saturated rings. The number of nitrogens with zero attached hydrogens (tertiary/aromatic N) is 5. The highest BCUT2D eigenvalue weighted by Crippen LogP contribution is 2.35. The van der Waals surface area contributed by atoms with Crippen molar-refractivity contribution in [3.63, 3.8) is 0 Å². The average molecular weight is 481 g/mol. The number of carbonyl (C=O) groups is 2. The minimum Gasteiger partial charge on any atom is -0.328 e. The Balaban J connectivity index is 1.36. The minimum absolute atomic E-state index is 0.00573. The lowest BCUT2D eigenvalue weighted by molar-refractivity contribution is -0.117. The fourth-order valence-electron chi connectivity index (χ4n) is 5.03. The molecular weight excluding hydrogens is 452 g/mol. The molecule has 36 heavy (non-hydrogen) atoms. The number of benzene rings is 2. The first-order valence-corrected chi connectivity index (χ1v) is 12.3. The Kier molecular flexibility index (Phi) is 6.63. The molecule has 0 atom stereocenters. The average Bonchev–Trinajstić information content (AvgIpc) is 3.41. The second-order valence-corrected chi connectivity index (χ2v) is 9.24. The van der Waals surface area contributed by atoms with Crippen LogP contribution in [0.4, 0.5) is 17.3 Å². The molecule has 0 unspecified atom stereocenters. The minimum atomic E-state index is -0.0243. The molecule has 1 saturated carbocycles. The van der Waals surface area contributed by atoms with Crippen molar-refractivity contribution in [1.82, 2.24) is 14.9 Å². The fraction of sp³-hybridized carbons (Fsp3) is 0.321. The molecule has 5 rings (SSSR count). The van der Waals surface area contributed by atoms with Gasteiger partial charge in [-0.3, -0.25) is 9.59 Å². The van der Waals surface area contributed by atoms with Gasteiger partial charge in [-0.1, -0.05) is 31.0 Å². The standard InChI is InChI=1S/C28H28N6O2/c1-29-15-16-34(22-7-3-4-8-22)27(36)19-11-13-21(14-12-19)31-28-30-18-20-17-25(35)33(2)24-10-6-5-9-23(24)26(20)32-28/h5-6,9-14,18,22H,3-4,7-8,15-17H2,2H3,(H,30,31,32). The van der Waals surface area contributed by atoms with Gasteiger partial charge in [0.25, 0.3) is 5.91 Å². The number of hydrogen-bond donors (Lipinski definition) is 1. The van der Waals surface area contributed by atoms with E-state index >= 15 is 0 Å². The van der Waals surface area contributed by atoms with E-state index in [1.165, 1.54) is 0 Å². The molecule has 2 aliphatic rings. The summed E-state index contributed by atoms with van der Waals surface area (Å²) in [4.78, 5) is 42.0. The number of aromatic nitrogens is 2. The molecule has 0 saturated heterocycles. The zero-order valence-corrected chi connectivity index (χ0v) is 20.3. The Morgan fingerprint density at radius 2 is 1.92 bits per heavy atom. The lowest BCUT2D eigenvalue weighted by atomic mass is 10.1. The fourth-order valence-corrected chi connectivity index (χ4v) is 5.03. The predicted molar refractivity (Wildman–Crippen MR) is 139 cm³/mol. The highest BCUT2D eigenvalue weighted by atomic mass is 16.2. The van der Waals surface area contributed by atoms with Crippen molar-refractivity contribution in [3.05, 3.63) is 77.3 Å². The number of likely N-dealkylation sites (N-methyl/N-ethyl adjacent to an activating group) is 1. The Morgan fingerprint density at radius 3 is 2.67 bits per heavy atom. The summed E-state index contributed by atoms with van der Waals surface area (Å²) in [6, 6.07) is 15.2. The number of rotatable bonds is 6. The number of fused-ring (bicyclic) bond motifs is 3. The van der Waals surface area contributed by atoms with Gasteiger partial charge in [0.15, 0.2) is 0 Å². The van der Waals surface area contributed by atoms with Gasteiger partial charge in [0.05, 0.1) is 24.3 Å². The van der Waals surface area contributed by atoms with Crippen LogP contribution in [0.15, 0.2) is 54.7 Å². The quantitative estimate of drug-likeness (QED) is 0.517. The van der Waals surface area contributed by atoms with Gasteiger partial charge in [-0.05, 0) is 43.2 Å². The molecule has 3 aromatic rings. The number of para-hydroxylation sites is 1. The van der Waals surface area contributed by atoms with Crippen LogP contribution < -0.4 is 10.2 Å². The normalized spacial score (nSPS) is 15.0. The summed E-state index contributed by atoms with van der Waals surface area (Å²) < 4.78 is 0. The van der Waals surface area contributed by atoms with E-state index in [9.17, 15) is 9.59 Å². The molecule has 2 aromatic carbocycles. The molecule has 0 bridgehead atoms. The van der Waals surface area contributed by atoms with Crippen LogP contribution in [0.2, 0.25) is 0 Å². The van der Waals surface area contributed by atoms with E-state index in [1.54, 1.807) is 30.3 Å². The van der Waals surface area contributed by atoms with Gasteiger partial charge in [-0.25, -0.2) is 16.5 Å². The third-order valence-corrected chi connectivity index (χ3v) is 6.97. The summed E-state index contributed by atoms with van der Waals surface area (Å²) >= 11 is 0. The van der Waals surface area contributed by atoms with Crippen LogP contribution in [-0.4, -0.2) is 52.9 Å². The van der Waals surface area contributed by atoms with Gasteiger partial charge in [0, 0.05) is 41.7 Å². The van der Waals surface area contributed by atoms with Gasteiger partial charge < -0.3 is 20.0 Å². The van der Waals surface area contributed by atoms with Crippen molar-refractivity contribution in [1.29, 1.82) is 0 Å². The first kappa shape index (κ1) is 23.5. The number of carbonyl (C=O) groups excluding carboxylic acids is 2. The first-order chi connectivity index (χ1) is 17.5. The van der Waals surface area contributed by atoms with E-state index < -0.39 is 0 Å². The molecule has 2 amide bonds. The van der Waals surface area contributed by atoms with Crippen LogP contribution in [0, 0.1) is 6.57 Å². The maximum absolute atomic E-state index is 13.2. The molecule has 8 nitrogen and oxygen atoms in total. The van der Waals surface area contributed by atoms with Crippen molar-refractivity contribution in [3.8, 4) is 11.3 Å². The van der Waals surface area contributed by atoms with Gasteiger partial charge in [-0.2, -0.15) is 0 Å². The molecule has 0 spiro atoms. The predicted octanol–water partition coefficient (Wildman–Crippen LogP) is 4.71. The Hall–Kier alpha value is -4.25. The maximum Gasteiger partial charge on any atom is 0.254 e. The molecule has 1 aliphatic heterocycles. The molecule has 1 N–H and O–H groups in total. The van der Waals surface area contributed by atoms with Gasteiger partial charge in [0.2, 0.25) is 18.4 Å². The van der Waals surface area contributed by atoms with E-state index in [0.717, 1.165) is 53.9 Å². The summed E-state index contributed by atoms with van der Waals surface area (Å²) in [5, 5.41) is 3.23. The molecule has 182 valence electrons. The van der Waals surface area contributed by atoms with Crippen molar-refractivity contribution >= 4 is 29.1 Å². The van der Waals surface area contributed by atoms with Crippen molar-refractivity contribution in [2.45, 2.75) is 38.1 Å². The summed E-state index contributed by atoms with van der Waals surface area (Å²) in [5.41, 5.74) is 4.60. The van der Waals surface area contributed by atoms with Crippen LogP contribution in [-0.2, 0) is 11.2 Å². The van der Waals surface area contributed by atoms with E-state index in [-0.39, 0.29) is 24.3 Å². The molecular formula is C28H28N6O2. The highest BCUT2D eigenvalue weighted by molar-refractivity contribution is 6.01. The van der Waals surface area contributed by atoms with Crippen LogP contribution in [0.1, 0.15) is 41.6 Å². The number of anilines is 3. The van der Waals surface area contributed by atoms with Gasteiger partial charge in [-0.15, -0.1) is 0 Å². The second kappa shape index (κ2) is 10.2. The van der Waals surface area contributed by atoms with Gasteiger partial charge in [0.1, 0.15) is 0 Å². The van der Waals surface area contributed by atoms with E-state index in [1.807, 2.05) is 41.3 Å². The third-order valence-electron chi connectivity index (χ3n) is 6.97. The maximum atomic E-state index is 13.2. The third kappa shape index (κ3) is 4.65. The Bertz CT molecular complexity index is 1320. The molecule has 1 aliphatic carbocycles. The van der Waals surface area contributed by atoms with Gasteiger partial charge >= 0.3 is 0 Å². The summed E-state index contributed by atoms with van der Waals surface area (Å²) in [7, 11) is 1.78. The van der Waals surface area contributed by atoms with E-state index in [4.69, 9.17) is 11.6 Å². The monoisotopic (exact) mass is 480 g/mol. The van der Waals surface area contributed by atoms with Crippen molar-refractivity contribution in [2.75, 3.05) is 30.4 Å². The summed E-state index contributed by atoms with van der Waals surface area (Å²) in [6.07, 6.45) is 6.21. The highest BCUT2D eigenvalue weighted by Gasteiger charge is 2.28. The topological polar surface area (TPSA) is 82.8 Å².